The van der Waals surface area contributed by atoms with Crippen LogP contribution in [0, 0.1) is 0 Å². The Labute approximate surface area is 213 Å². The van der Waals surface area contributed by atoms with Crippen LogP contribution >= 0.6 is 23.4 Å². The number of rotatable bonds is 5. The Hall–Kier alpha value is -3.23. The first-order chi connectivity index (χ1) is 16.5. The lowest BCUT2D eigenvalue weighted by molar-refractivity contribution is -0.127. The molecule has 4 rings (SSSR count). The van der Waals surface area contributed by atoms with Gasteiger partial charge in [0.15, 0.2) is 0 Å². The molecule has 9 heteroatoms. The van der Waals surface area contributed by atoms with Crippen molar-refractivity contribution in [2.45, 2.75) is 26.3 Å². The quantitative estimate of drug-likeness (QED) is 0.522. The maximum atomic E-state index is 13.0. The molecule has 2 aliphatic heterocycles. The Morgan fingerprint density at radius 3 is 2.66 bits per heavy atom. The van der Waals surface area contributed by atoms with Crippen LogP contribution in [0.1, 0.15) is 31.9 Å². The van der Waals surface area contributed by atoms with Gasteiger partial charge < -0.3 is 15.0 Å². The van der Waals surface area contributed by atoms with E-state index in [-0.39, 0.29) is 10.4 Å². The van der Waals surface area contributed by atoms with Crippen molar-refractivity contribution < 1.29 is 19.1 Å². The molecule has 1 N–H and O–H groups in total. The third-order valence-corrected chi connectivity index (χ3v) is 7.28. The first-order valence-electron chi connectivity index (χ1n) is 11.0. The SMILES string of the molecule is COc1cc2c(cc1/C=C1/SC(=O)N(CC(=O)Nc3cccc(Cl)c3)C1=O)C(C)=CC(C)(C)N2C. The van der Waals surface area contributed by atoms with Crippen LogP contribution < -0.4 is 15.0 Å². The summed E-state index contributed by atoms with van der Waals surface area (Å²) in [4.78, 5) is 41.4. The second kappa shape index (κ2) is 9.43. The molecule has 2 aromatic carbocycles. The van der Waals surface area contributed by atoms with Gasteiger partial charge in [0.1, 0.15) is 12.3 Å². The summed E-state index contributed by atoms with van der Waals surface area (Å²) in [5.41, 5.74) is 4.18. The number of allylic oxidation sites excluding steroid dienone is 1. The summed E-state index contributed by atoms with van der Waals surface area (Å²) in [5.74, 6) is -0.424. The number of nitrogens with one attached hydrogen (secondary N) is 1. The number of carbonyl (C=O) groups excluding carboxylic acids is 3. The minimum Gasteiger partial charge on any atom is -0.496 e. The van der Waals surface area contributed by atoms with E-state index in [1.165, 1.54) is 0 Å². The number of hydrogen-bond donors (Lipinski definition) is 1. The van der Waals surface area contributed by atoms with Crippen molar-refractivity contribution in [3.63, 3.8) is 0 Å². The molecule has 35 heavy (non-hydrogen) atoms. The second-order valence-electron chi connectivity index (χ2n) is 8.98. The average molecular weight is 512 g/mol. The van der Waals surface area contributed by atoms with E-state index in [2.05, 4.69) is 37.1 Å². The first-order valence-corrected chi connectivity index (χ1v) is 12.2. The topological polar surface area (TPSA) is 79.0 Å². The number of halogens is 1. The molecule has 0 atom stereocenters. The summed E-state index contributed by atoms with van der Waals surface area (Å²) in [6.45, 7) is 5.94. The number of imide groups is 1. The van der Waals surface area contributed by atoms with E-state index in [1.807, 2.05) is 19.2 Å². The lowest BCUT2D eigenvalue weighted by Gasteiger charge is -2.41. The minimum absolute atomic E-state index is 0.155. The Balaban J connectivity index is 1.59. The van der Waals surface area contributed by atoms with E-state index in [0.717, 1.165) is 33.5 Å². The van der Waals surface area contributed by atoms with Crippen LogP contribution in [0.5, 0.6) is 5.75 Å². The van der Waals surface area contributed by atoms with Gasteiger partial charge in [-0.25, -0.2) is 0 Å². The molecule has 0 aliphatic carbocycles. The van der Waals surface area contributed by atoms with Gasteiger partial charge in [-0.2, -0.15) is 0 Å². The molecule has 0 bridgehead atoms. The van der Waals surface area contributed by atoms with Crippen LogP contribution in [0.25, 0.3) is 11.6 Å². The predicted octanol–water partition coefficient (Wildman–Crippen LogP) is 5.66. The molecule has 2 heterocycles. The maximum absolute atomic E-state index is 13.0. The lowest BCUT2D eigenvalue weighted by atomic mass is 9.88. The highest BCUT2D eigenvalue weighted by atomic mass is 35.5. The number of fused-ring (bicyclic) bond motifs is 1. The summed E-state index contributed by atoms with van der Waals surface area (Å²) < 4.78 is 5.62. The van der Waals surface area contributed by atoms with Crippen molar-refractivity contribution in [2.24, 2.45) is 0 Å². The third-order valence-electron chi connectivity index (χ3n) is 6.14. The standard InChI is InChI=1S/C26H26ClN3O4S/c1-15-13-26(2,3)29(4)20-12-21(34-5)16(9-19(15)20)10-22-24(32)30(25(33)35-22)14-23(31)28-18-8-6-7-17(27)11-18/h6-13H,14H2,1-5H3,(H,28,31)/b22-10+. The summed E-state index contributed by atoms with van der Waals surface area (Å²) in [5, 5.41) is 2.62. The van der Waals surface area contributed by atoms with E-state index < -0.39 is 23.6 Å². The van der Waals surface area contributed by atoms with Gasteiger partial charge >= 0.3 is 0 Å². The molecular weight excluding hydrogens is 486 g/mol. The molecule has 0 saturated carbocycles. The van der Waals surface area contributed by atoms with Gasteiger partial charge in [0.05, 0.1) is 17.6 Å². The number of benzene rings is 2. The molecule has 0 unspecified atom stereocenters. The molecule has 2 aromatic rings. The van der Waals surface area contributed by atoms with Gasteiger partial charge in [-0.3, -0.25) is 19.3 Å². The predicted molar refractivity (Wildman–Crippen MR) is 142 cm³/mol. The van der Waals surface area contributed by atoms with E-state index in [4.69, 9.17) is 16.3 Å². The molecule has 0 aromatic heterocycles. The molecule has 2 aliphatic rings. The second-order valence-corrected chi connectivity index (χ2v) is 10.4. The Morgan fingerprint density at radius 1 is 1.23 bits per heavy atom. The molecular formula is C26H26ClN3O4S. The zero-order chi connectivity index (χ0) is 25.5. The highest BCUT2D eigenvalue weighted by molar-refractivity contribution is 8.18. The number of thioether (sulfide) groups is 1. The largest absolute Gasteiger partial charge is 0.496 e. The Morgan fingerprint density at radius 2 is 1.97 bits per heavy atom. The van der Waals surface area contributed by atoms with Crippen molar-refractivity contribution in [3.8, 4) is 5.75 Å². The van der Waals surface area contributed by atoms with E-state index in [0.29, 0.717) is 22.0 Å². The Kier molecular flexibility index (Phi) is 6.71. The summed E-state index contributed by atoms with van der Waals surface area (Å²) in [6.07, 6.45) is 3.84. The van der Waals surface area contributed by atoms with Crippen molar-refractivity contribution >= 4 is 63.4 Å². The van der Waals surface area contributed by atoms with Crippen LogP contribution in [0.15, 0.2) is 47.4 Å². The number of likely N-dealkylation sites (N-methyl/N-ethyl adjacent to an activating group) is 1. The molecule has 1 fully saturated rings. The molecule has 0 radical (unpaired) electrons. The maximum Gasteiger partial charge on any atom is 0.294 e. The van der Waals surface area contributed by atoms with Gasteiger partial charge in [0.25, 0.3) is 11.1 Å². The molecule has 182 valence electrons. The van der Waals surface area contributed by atoms with Crippen molar-refractivity contribution in [1.29, 1.82) is 0 Å². The number of amides is 3. The molecule has 0 spiro atoms. The fourth-order valence-corrected chi connectivity index (χ4v) is 5.19. The van der Waals surface area contributed by atoms with Crippen molar-refractivity contribution in [3.05, 3.63) is 63.5 Å². The summed E-state index contributed by atoms with van der Waals surface area (Å²) in [7, 11) is 3.60. The summed E-state index contributed by atoms with van der Waals surface area (Å²) >= 11 is 6.75. The average Bonchev–Trinajstić information content (AvgIpc) is 3.04. The monoisotopic (exact) mass is 511 g/mol. The molecule has 3 amide bonds. The van der Waals surface area contributed by atoms with E-state index in [9.17, 15) is 14.4 Å². The molecule has 7 nitrogen and oxygen atoms in total. The number of nitrogens with zero attached hydrogens (tertiary/aromatic N) is 2. The number of methoxy groups -OCH3 is 1. The highest BCUT2D eigenvalue weighted by Gasteiger charge is 2.37. The van der Waals surface area contributed by atoms with Crippen molar-refractivity contribution in [1.82, 2.24) is 4.90 Å². The lowest BCUT2D eigenvalue weighted by Crippen LogP contribution is -2.42. The highest BCUT2D eigenvalue weighted by Crippen LogP contribution is 2.42. The van der Waals surface area contributed by atoms with Crippen LogP contribution in [0.2, 0.25) is 5.02 Å². The van der Waals surface area contributed by atoms with Crippen LogP contribution in [-0.4, -0.2) is 48.2 Å². The first kappa shape index (κ1) is 24.9. The number of ether oxygens (including phenoxy) is 1. The Bertz CT molecular complexity index is 1300. The van der Waals surface area contributed by atoms with Gasteiger partial charge in [-0.15, -0.1) is 0 Å². The normalized spacial score (nSPS) is 18.0. The van der Waals surface area contributed by atoms with Crippen molar-refractivity contribution in [2.75, 3.05) is 30.9 Å². The van der Waals surface area contributed by atoms with E-state index in [1.54, 1.807) is 37.5 Å². The van der Waals surface area contributed by atoms with Gasteiger partial charge in [0, 0.05) is 40.6 Å². The zero-order valence-corrected chi connectivity index (χ0v) is 21.7. The fourth-order valence-electron chi connectivity index (χ4n) is 4.17. The van der Waals surface area contributed by atoms with Crippen LogP contribution in [0.3, 0.4) is 0 Å². The summed E-state index contributed by atoms with van der Waals surface area (Å²) in [6, 6.07) is 10.6. The van der Waals surface area contributed by atoms with Crippen LogP contribution in [-0.2, 0) is 9.59 Å². The number of hydrogen-bond acceptors (Lipinski definition) is 6. The fraction of sp³-hybridized carbons (Fsp3) is 0.269. The number of carbonyl (C=O) groups is 3. The minimum atomic E-state index is -0.522. The number of anilines is 2. The van der Waals surface area contributed by atoms with E-state index >= 15 is 0 Å². The third kappa shape index (κ3) is 4.94. The van der Waals surface area contributed by atoms with Gasteiger partial charge in [-0.1, -0.05) is 23.7 Å². The van der Waals surface area contributed by atoms with Gasteiger partial charge in [0.2, 0.25) is 5.91 Å². The smallest absolute Gasteiger partial charge is 0.294 e. The molecule has 1 saturated heterocycles. The zero-order valence-electron chi connectivity index (χ0n) is 20.1. The van der Waals surface area contributed by atoms with Gasteiger partial charge in [-0.05, 0) is 68.4 Å². The van der Waals surface area contributed by atoms with Crippen LogP contribution in [0.4, 0.5) is 16.2 Å².